The number of aliphatic carboxylic acids is 1. The summed E-state index contributed by atoms with van der Waals surface area (Å²) >= 11 is 1.79. The van der Waals surface area contributed by atoms with E-state index in [1.165, 1.54) is 15.3 Å². The number of aryl methyl sites for hydroxylation is 1. The largest absolute Gasteiger partial charge is 0.489 e. The Balaban J connectivity index is 1.54. The average molecular weight is 422 g/mol. The van der Waals surface area contributed by atoms with E-state index in [2.05, 4.69) is 48.2 Å². The fourth-order valence-electron chi connectivity index (χ4n) is 4.09. The fraction of sp³-hybridized carbons (Fsp3) is 0.320. The van der Waals surface area contributed by atoms with Gasteiger partial charge in [-0.15, -0.1) is 11.3 Å². The maximum absolute atomic E-state index is 11.6. The van der Waals surface area contributed by atoms with E-state index in [-0.39, 0.29) is 12.0 Å². The van der Waals surface area contributed by atoms with E-state index in [9.17, 15) is 9.90 Å². The Morgan fingerprint density at radius 2 is 1.90 bits per heavy atom. The summed E-state index contributed by atoms with van der Waals surface area (Å²) in [5.74, 6) is -0.146. The molecule has 1 saturated heterocycles. The van der Waals surface area contributed by atoms with Gasteiger partial charge in [-0.05, 0) is 61.7 Å². The van der Waals surface area contributed by atoms with Crippen LogP contribution in [0.2, 0.25) is 0 Å². The van der Waals surface area contributed by atoms with Gasteiger partial charge in [0.15, 0.2) is 0 Å². The molecule has 156 valence electrons. The predicted octanol–water partition coefficient (Wildman–Crippen LogP) is 5.52. The Morgan fingerprint density at radius 1 is 1.13 bits per heavy atom. The van der Waals surface area contributed by atoms with Crippen molar-refractivity contribution in [2.45, 2.75) is 32.4 Å². The first-order valence-corrected chi connectivity index (χ1v) is 11.2. The third kappa shape index (κ3) is 4.91. The molecular weight excluding hydrogens is 394 g/mol. The lowest BCUT2D eigenvalue weighted by molar-refractivity contribution is -0.143. The summed E-state index contributed by atoms with van der Waals surface area (Å²) in [4.78, 5) is 16.4. The van der Waals surface area contributed by atoms with Crippen LogP contribution in [0.5, 0.6) is 5.75 Å². The SMILES string of the molecule is Cc1ccc(C(c2ccc(OCc3ccccc3)cc2)N2CCCC(C(=O)O)C2)s1. The van der Waals surface area contributed by atoms with Gasteiger partial charge in [-0.3, -0.25) is 9.69 Å². The summed E-state index contributed by atoms with van der Waals surface area (Å²) in [6, 6.07) is 22.8. The number of carbonyl (C=O) groups is 1. The van der Waals surface area contributed by atoms with Crippen molar-refractivity contribution in [1.82, 2.24) is 4.90 Å². The molecule has 1 N–H and O–H groups in total. The van der Waals surface area contributed by atoms with Gasteiger partial charge in [0.1, 0.15) is 12.4 Å². The maximum Gasteiger partial charge on any atom is 0.307 e. The molecule has 1 aliphatic heterocycles. The third-order valence-corrected chi connectivity index (χ3v) is 6.70. The van der Waals surface area contributed by atoms with Gasteiger partial charge in [0.2, 0.25) is 0 Å². The number of carboxylic acid groups (broad SMARTS) is 1. The van der Waals surface area contributed by atoms with Gasteiger partial charge >= 0.3 is 5.97 Å². The molecule has 5 heteroatoms. The Labute approximate surface area is 181 Å². The van der Waals surface area contributed by atoms with Gasteiger partial charge in [-0.2, -0.15) is 0 Å². The van der Waals surface area contributed by atoms with Crippen LogP contribution in [-0.2, 0) is 11.4 Å². The van der Waals surface area contributed by atoms with Crippen molar-refractivity contribution >= 4 is 17.3 Å². The molecule has 0 bridgehead atoms. The zero-order chi connectivity index (χ0) is 20.9. The summed E-state index contributed by atoms with van der Waals surface area (Å²) in [5, 5.41) is 9.53. The van der Waals surface area contributed by atoms with Crippen molar-refractivity contribution < 1.29 is 14.6 Å². The van der Waals surface area contributed by atoms with Crippen molar-refractivity contribution in [3.8, 4) is 5.75 Å². The monoisotopic (exact) mass is 421 g/mol. The molecule has 2 atom stereocenters. The van der Waals surface area contributed by atoms with Crippen molar-refractivity contribution in [3.63, 3.8) is 0 Å². The molecule has 2 aromatic carbocycles. The zero-order valence-electron chi connectivity index (χ0n) is 17.2. The molecule has 0 aliphatic carbocycles. The minimum atomic E-state index is -0.689. The predicted molar refractivity (Wildman–Crippen MR) is 120 cm³/mol. The van der Waals surface area contributed by atoms with Crippen LogP contribution in [0.15, 0.2) is 66.7 Å². The van der Waals surface area contributed by atoms with E-state index < -0.39 is 5.97 Å². The molecule has 1 aliphatic rings. The molecule has 1 aromatic heterocycles. The summed E-state index contributed by atoms with van der Waals surface area (Å²) in [5.41, 5.74) is 2.32. The number of thiophene rings is 1. The number of hydrogen-bond donors (Lipinski definition) is 1. The first-order valence-electron chi connectivity index (χ1n) is 10.4. The van der Waals surface area contributed by atoms with Gasteiger partial charge < -0.3 is 9.84 Å². The number of piperidine rings is 1. The highest BCUT2D eigenvalue weighted by atomic mass is 32.1. The second-order valence-corrected chi connectivity index (χ2v) is 9.19. The van der Waals surface area contributed by atoms with Crippen LogP contribution in [0.3, 0.4) is 0 Å². The number of hydrogen-bond acceptors (Lipinski definition) is 4. The normalized spacial score (nSPS) is 18.1. The van der Waals surface area contributed by atoms with Crippen molar-refractivity contribution in [2.75, 3.05) is 13.1 Å². The number of rotatable bonds is 7. The quantitative estimate of drug-likeness (QED) is 0.546. The summed E-state index contributed by atoms with van der Waals surface area (Å²) < 4.78 is 5.94. The second kappa shape index (κ2) is 9.45. The maximum atomic E-state index is 11.6. The van der Waals surface area contributed by atoms with Crippen LogP contribution < -0.4 is 4.74 Å². The summed E-state index contributed by atoms with van der Waals surface area (Å²) in [6.45, 7) is 4.16. The average Bonchev–Trinajstić information content (AvgIpc) is 3.20. The molecule has 3 aromatic rings. The molecule has 1 fully saturated rings. The lowest BCUT2D eigenvalue weighted by Gasteiger charge is -2.37. The van der Waals surface area contributed by atoms with E-state index in [4.69, 9.17) is 4.74 Å². The Hall–Kier alpha value is -2.63. The Bertz CT molecular complexity index is 968. The molecule has 0 spiro atoms. The number of benzene rings is 2. The smallest absolute Gasteiger partial charge is 0.307 e. The fourth-order valence-corrected chi connectivity index (χ4v) is 5.13. The van der Waals surface area contributed by atoms with E-state index in [1.807, 2.05) is 30.3 Å². The van der Waals surface area contributed by atoms with E-state index in [0.29, 0.717) is 13.2 Å². The number of likely N-dealkylation sites (tertiary alicyclic amines) is 1. The first-order chi connectivity index (χ1) is 14.6. The van der Waals surface area contributed by atoms with Crippen molar-refractivity contribution in [2.24, 2.45) is 5.92 Å². The molecule has 4 rings (SSSR count). The highest BCUT2D eigenvalue weighted by molar-refractivity contribution is 7.12. The third-order valence-electron chi connectivity index (χ3n) is 5.64. The minimum absolute atomic E-state index is 0.0778. The molecule has 30 heavy (non-hydrogen) atoms. The van der Waals surface area contributed by atoms with Crippen molar-refractivity contribution in [1.29, 1.82) is 0 Å². The standard InChI is InChI=1S/C25H27NO3S/c1-18-9-14-23(30-18)24(26-15-5-8-21(16-26)25(27)28)20-10-12-22(13-11-20)29-17-19-6-3-2-4-7-19/h2-4,6-7,9-14,21,24H,5,8,15-17H2,1H3,(H,27,28). The lowest BCUT2D eigenvalue weighted by Crippen LogP contribution is -2.41. The molecule has 0 amide bonds. The molecular formula is C25H27NO3S. The molecule has 0 saturated carbocycles. The molecule has 0 radical (unpaired) electrons. The van der Waals surface area contributed by atoms with Gasteiger partial charge in [0.25, 0.3) is 0 Å². The topological polar surface area (TPSA) is 49.8 Å². The minimum Gasteiger partial charge on any atom is -0.489 e. The Kier molecular flexibility index (Phi) is 6.50. The number of ether oxygens (including phenoxy) is 1. The van der Waals surface area contributed by atoms with E-state index >= 15 is 0 Å². The molecule has 2 heterocycles. The number of nitrogens with zero attached hydrogens (tertiary/aromatic N) is 1. The molecule has 2 unspecified atom stereocenters. The van der Waals surface area contributed by atoms with Crippen LogP contribution in [0.1, 0.15) is 39.8 Å². The van der Waals surface area contributed by atoms with Crippen LogP contribution in [0.4, 0.5) is 0 Å². The van der Waals surface area contributed by atoms with Gasteiger partial charge in [-0.25, -0.2) is 0 Å². The van der Waals surface area contributed by atoms with E-state index in [1.54, 1.807) is 11.3 Å². The summed E-state index contributed by atoms with van der Waals surface area (Å²) in [6.07, 6.45) is 1.67. The Morgan fingerprint density at radius 3 is 2.57 bits per heavy atom. The highest BCUT2D eigenvalue weighted by Crippen LogP contribution is 2.36. The van der Waals surface area contributed by atoms with Crippen LogP contribution >= 0.6 is 11.3 Å². The van der Waals surface area contributed by atoms with Gasteiger partial charge in [-0.1, -0.05) is 42.5 Å². The van der Waals surface area contributed by atoms with Gasteiger partial charge in [0, 0.05) is 16.3 Å². The molecule has 4 nitrogen and oxygen atoms in total. The van der Waals surface area contributed by atoms with E-state index in [0.717, 1.165) is 30.7 Å². The lowest BCUT2D eigenvalue weighted by atomic mass is 9.94. The summed E-state index contributed by atoms with van der Waals surface area (Å²) in [7, 11) is 0. The van der Waals surface area contributed by atoms with Crippen LogP contribution in [0.25, 0.3) is 0 Å². The van der Waals surface area contributed by atoms with Crippen LogP contribution in [-0.4, -0.2) is 29.1 Å². The van der Waals surface area contributed by atoms with Crippen molar-refractivity contribution in [3.05, 3.63) is 87.6 Å². The zero-order valence-corrected chi connectivity index (χ0v) is 18.0. The van der Waals surface area contributed by atoms with Gasteiger partial charge in [0.05, 0.1) is 12.0 Å². The second-order valence-electron chi connectivity index (χ2n) is 7.87. The number of carboxylic acids is 1. The highest BCUT2D eigenvalue weighted by Gasteiger charge is 2.31. The van der Waals surface area contributed by atoms with Crippen LogP contribution in [0, 0.1) is 12.8 Å². The first kappa shape index (κ1) is 20.6.